The molecule has 49 heavy (non-hydrogen) atoms. The molecule has 2 heterocycles. The highest BCUT2D eigenvalue weighted by Gasteiger charge is 2.18. The third-order valence-corrected chi connectivity index (χ3v) is 11.1. The molecule has 2 nitrogen and oxygen atoms in total. The summed E-state index contributed by atoms with van der Waals surface area (Å²) in [7, 11) is 0. The van der Waals surface area contributed by atoms with E-state index in [0.29, 0.717) is 0 Å². The molecule has 0 fully saturated rings. The quantitative estimate of drug-likeness (QED) is 0.0915. The Labute approximate surface area is 293 Å². The molecule has 0 atom stereocenters. The fourth-order valence-electron chi connectivity index (χ4n) is 8.26. The molecule has 0 N–H and O–H groups in total. The maximum Gasteiger partial charge on any atom is 0.143 e. The normalized spacial score (nSPS) is 12.2. The van der Waals surface area contributed by atoms with Crippen molar-refractivity contribution in [3.63, 3.8) is 0 Å². The van der Waals surface area contributed by atoms with Gasteiger partial charge in [-0.15, -0.1) is 0 Å². The predicted molar refractivity (Wildman–Crippen MR) is 214 cm³/mol. The maximum atomic E-state index is 6.81. The van der Waals surface area contributed by atoms with E-state index in [1.807, 2.05) is 0 Å². The third kappa shape index (κ3) is 6.86. The van der Waals surface area contributed by atoms with Crippen LogP contribution < -0.4 is 0 Å². The predicted octanol–water partition coefficient (Wildman–Crippen LogP) is 15.1. The summed E-state index contributed by atoms with van der Waals surface area (Å²) in [5, 5.41) is 9.71. The highest BCUT2D eigenvalue weighted by atomic mass is 16.3. The summed E-state index contributed by atoms with van der Waals surface area (Å²) in [5.41, 5.74) is 10.00. The Morgan fingerprint density at radius 1 is 0.347 bits per heavy atom. The van der Waals surface area contributed by atoms with Gasteiger partial charge in [-0.05, 0) is 121 Å². The molecule has 0 unspecified atom stereocenters. The second kappa shape index (κ2) is 15.4. The van der Waals surface area contributed by atoms with Gasteiger partial charge in [0.25, 0.3) is 0 Å². The van der Waals surface area contributed by atoms with Gasteiger partial charge in [0.1, 0.15) is 22.3 Å². The van der Waals surface area contributed by atoms with Crippen LogP contribution in [0.5, 0.6) is 0 Å². The van der Waals surface area contributed by atoms with Gasteiger partial charge in [-0.2, -0.15) is 0 Å². The molecule has 0 aliphatic heterocycles. The Hall–Kier alpha value is -3.78. The molecule has 0 spiro atoms. The number of hydrogen-bond donors (Lipinski definition) is 0. The number of furan rings is 2. The van der Waals surface area contributed by atoms with Crippen molar-refractivity contribution in [2.24, 2.45) is 0 Å². The monoisotopic (exact) mass is 652 g/mol. The lowest BCUT2D eigenvalue weighted by Crippen LogP contribution is -1.96. The molecular formula is C47H56O2. The number of fused-ring (bicyclic) bond motifs is 10. The summed E-state index contributed by atoms with van der Waals surface area (Å²) < 4.78 is 13.6. The van der Waals surface area contributed by atoms with Crippen LogP contribution in [0.15, 0.2) is 69.5 Å². The summed E-state index contributed by atoms with van der Waals surface area (Å²) in [6.45, 7) is 9.17. The van der Waals surface area contributed by atoms with E-state index >= 15 is 0 Å². The van der Waals surface area contributed by atoms with Gasteiger partial charge >= 0.3 is 0 Å². The third-order valence-electron chi connectivity index (χ3n) is 11.1. The highest BCUT2D eigenvalue weighted by Crippen LogP contribution is 2.41. The van der Waals surface area contributed by atoms with E-state index in [2.05, 4.69) is 88.4 Å². The molecule has 256 valence electrons. The molecule has 7 rings (SSSR count). The van der Waals surface area contributed by atoms with E-state index < -0.39 is 0 Å². The Balaban J connectivity index is 1.32. The molecule has 2 heteroatoms. The van der Waals surface area contributed by atoms with Crippen molar-refractivity contribution in [3.8, 4) is 0 Å². The molecule has 0 bridgehead atoms. The Morgan fingerprint density at radius 3 is 1.12 bits per heavy atom. The lowest BCUT2D eigenvalue weighted by atomic mass is 9.92. The molecule has 0 radical (unpaired) electrons. The van der Waals surface area contributed by atoms with Crippen molar-refractivity contribution < 1.29 is 8.83 Å². The number of rotatable bonds is 17. The zero-order chi connectivity index (χ0) is 33.7. The van der Waals surface area contributed by atoms with E-state index in [0.717, 1.165) is 45.9 Å². The van der Waals surface area contributed by atoms with Crippen LogP contribution >= 0.6 is 0 Å². The molecule has 5 aromatic carbocycles. The first kappa shape index (κ1) is 33.7. The van der Waals surface area contributed by atoms with E-state index in [9.17, 15) is 0 Å². The first-order valence-corrected chi connectivity index (χ1v) is 19.8. The van der Waals surface area contributed by atoms with E-state index in [1.165, 1.54) is 151 Å². The van der Waals surface area contributed by atoms with Crippen molar-refractivity contribution in [1.82, 2.24) is 0 Å². The summed E-state index contributed by atoms with van der Waals surface area (Å²) in [4.78, 5) is 0. The van der Waals surface area contributed by atoms with Crippen LogP contribution in [0.2, 0.25) is 0 Å². The van der Waals surface area contributed by atoms with Gasteiger partial charge < -0.3 is 8.83 Å². The molecular weight excluding hydrogens is 597 g/mol. The van der Waals surface area contributed by atoms with Crippen LogP contribution in [-0.4, -0.2) is 0 Å². The van der Waals surface area contributed by atoms with Crippen LogP contribution in [-0.2, 0) is 25.7 Å². The van der Waals surface area contributed by atoms with Crippen molar-refractivity contribution >= 4 is 65.4 Å². The molecule has 0 aliphatic rings. The van der Waals surface area contributed by atoms with E-state index in [4.69, 9.17) is 8.83 Å². The minimum Gasteiger partial charge on any atom is -0.455 e. The Kier molecular flexibility index (Phi) is 10.6. The molecule has 7 aromatic rings. The smallest absolute Gasteiger partial charge is 0.143 e. The largest absolute Gasteiger partial charge is 0.455 e. The summed E-state index contributed by atoms with van der Waals surface area (Å²) in [6.07, 6.45) is 21.2. The van der Waals surface area contributed by atoms with Gasteiger partial charge in [0, 0.05) is 32.3 Å². The minimum absolute atomic E-state index is 0.944. The molecule has 0 aliphatic carbocycles. The lowest BCUT2D eigenvalue weighted by molar-refractivity contribution is 0.660. The number of aryl methyl sites for hydroxylation is 4. The van der Waals surface area contributed by atoms with E-state index in [1.54, 1.807) is 0 Å². The average molecular weight is 653 g/mol. The van der Waals surface area contributed by atoms with Gasteiger partial charge in [-0.3, -0.25) is 0 Å². The Morgan fingerprint density at radius 2 is 0.714 bits per heavy atom. The van der Waals surface area contributed by atoms with Crippen LogP contribution in [0, 0.1) is 0 Å². The number of benzene rings is 5. The van der Waals surface area contributed by atoms with Gasteiger partial charge in [0.05, 0.1) is 0 Å². The standard InChI is InChI=1S/C47H56O2/c1-5-9-13-17-21-33-27-37-23-25-39-43-31-44-42(30-45(43)49-47(39)41(37)29-35(33)20-16-12-8-4)38-24-22-36-26-32(18-14-10-6-2)34(19-15-11-7-3)28-40(36)46(38)48-44/h22-31H,5-21H2,1-4H3. The maximum absolute atomic E-state index is 6.81. The molecule has 0 amide bonds. The van der Waals surface area contributed by atoms with E-state index in [-0.39, 0.29) is 0 Å². The van der Waals surface area contributed by atoms with Crippen LogP contribution in [0.3, 0.4) is 0 Å². The fourth-order valence-corrected chi connectivity index (χ4v) is 8.26. The van der Waals surface area contributed by atoms with Crippen LogP contribution in [0.1, 0.15) is 133 Å². The van der Waals surface area contributed by atoms with Crippen molar-refractivity contribution in [2.45, 2.75) is 137 Å². The first-order valence-electron chi connectivity index (χ1n) is 19.8. The van der Waals surface area contributed by atoms with Crippen molar-refractivity contribution in [2.75, 3.05) is 0 Å². The second-order valence-corrected chi connectivity index (χ2v) is 14.8. The summed E-state index contributed by atoms with van der Waals surface area (Å²) >= 11 is 0. The van der Waals surface area contributed by atoms with Gasteiger partial charge in [-0.1, -0.05) is 110 Å². The second-order valence-electron chi connectivity index (χ2n) is 14.8. The lowest BCUT2D eigenvalue weighted by Gasteiger charge is -2.12. The topological polar surface area (TPSA) is 26.3 Å². The fraction of sp³-hybridized carbons (Fsp3) is 0.447. The van der Waals surface area contributed by atoms with Crippen molar-refractivity contribution in [1.29, 1.82) is 0 Å². The van der Waals surface area contributed by atoms with Gasteiger partial charge in [-0.25, -0.2) is 0 Å². The molecule has 2 aromatic heterocycles. The van der Waals surface area contributed by atoms with Gasteiger partial charge in [0.2, 0.25) is 0 Å². The zero-order valence-electron chi connectivity index (χ0n) is 30.6. The summed E-state index contributed by atoms with van der Waals surface area (Å²) in [6, 6.07) is 23.5. The Bertz CT molecular complexity index is 2210. The minimum atomic E-state index is 0.944. The number of hydrogen-bond acceptors (Lipinski definition) is 2. The molecule has 0 saturated heterocycles. The average Bonchev–Trinajstić information content (AvgIpc) is 3.67. The first-order chi connectivity index (χ1) is 24.1. The number of unbranched alkanes of at least 4 members (excludes halogenated alkanes) is 9. The van der Waals surface area contributed by atoms with Crippen LogP contribution in [0.25, 0.3) is 65.4 Å². The highest BCUT2D eigenvalue weighted by molar-refractivity contribution is 6.21. The van der Waals surface area contributed by atoms with Crippen LogP contribution in [0.4, 0.5) is 0 Å². The SMILES string of the molecule is CCCCCCc1cc2ccc3c4cc5oc6c7cc(CCCCC)c(CCCCC)cc7ccc6c5cc4oc3c2cc1CCCCC. The molecule has 0 saturated carbocycles. The summed E-state index contributed by atoms with van der Waals surface area (Å²) in [5.74, 6) is 0. The van der Waals surface area contributed by atoms with Crippen molar-refractivity contribution in [3.05, 3.63) is 82.9 Å². The van der Waals surface area contributed by atoms with Gasteiger partial charge in [0.15, 0.2) is 0 Å². The zero-order valence-corrected chi connectivity index (χ0v) is 30.6.